The number of carbonyl (C=O) groups is 1. The highest BCUT2D eigenvalue weighted by Crippen LogP contribution is 2.33. The van der Waals surface area contributed by atoms with Gasteiger partial charge in [0.2, 0.25) is 15.9 Å². The van der Waals surface area contributed by atoms with Crippen LogP contribution in [0.3, 0.4) is 0 Å². The summed E-state index contributed by atoms with van der Waals surface area (Å²) in [5, 5.41) is 0. The molecule has 4 rings (SSSR count). The molecule has 2 heterocycles. The van der Waals surface area contributed by atoms with E-state index >= 15 is 0 Å². The van der Waals surface area contributed by atoms with E-state index in [1.807, 2.05) is 42.0 Å². The molecule has 1 fully saturated rings. The number of nitrogens with one attached hydrogen (secondary N) is 1. The Kier molecular flexibility index (Phi) is 5.79. The Labute approximate surface area is 181 Å². The molecule has 0 bridgehead atoms. The van der Waals surface area contributed by atoms with E-state index < -0.39 is 10.0 Å². The molecule has 31 heavy (non-hydrogen) atoms. The van der Waals surface area contributed by atoms with Gasteiger partial charge in [-0.2, -0.15) is 0 Å². The largest absolute Gasteiger partial charge is 0.495 e. The fourth-order valence-electron chi connectivity index (χ4n) is 3.73. The molecule has 1 aromatic heterocycles. The zero-order valence-electron chi connectivity index (χ0n) is 17.4. The molecule has 3 aromatic rings. The summed E-state index contributed by atoms with van der Waals surface area (Å²) in [7, 11) is -2.32. The van der Waals surface area contributed by atoms with E-state index in [-0.39, 0.29) is 17.3 Å². The number of hydrogen-bond acceptors (Lipinski definition) is 5. The molecule has 0 aliphatic carbocycles. The molecule has 1 N–H and O–H groups in total. The topological polar surface area (TPSA) is 93.5 Å². The van der Waals surface area contributed by atoms with E-state index in [0.29, 0.717) is 24.4 Å². The number of nitrogens with zero attached hydrogens (tertiary/aromatic N) is 3. The molecule has 0 saturated carbocycles. The molecule has 9 heteroatoms. The first kappa shape index (κ1) is 21.1. The molecule has 0 spiro atoms. The number of ether oxygens (including phenoxy) is 1. The van der Waals surface area contributed by atoms with Gasteiger partial charge in [-0.15, -0.1) is 0 Å². The van der Waals surface area contributed by atoms with E-state index in [1.54, 1.807) is 17.2 Å². The lowest BCUT2D eigenvalue weighted by atomic mass is 10.2. The van der Waals surface area contributed by atoms with Gasteiger partial charge >= 0.3 is 0 Å². The Hall–Kier alpha value is -3.17. The zero-order valence-corrected chi connectivity index (χ0v) is 18.2. The van der Waals surface area contributed by atoms with Crippen LogP contribution in [0.15, 0.2) is 59.8 Å². The van der Waals surface area contributed by atoms with Crippen LogP contribution < -0.4 is 14.4 Å². The van der Waals surface area contributed by atoms with Crippen LogP contribution in [0.2, 0.25) is 0 Å². The minimum absolute atomic E-state index is 0.0366. The second-order valence-electron chi connectivity index (χ2n) is 7.28. The van der Waals surface area contributed by atoms with Gasteiger partial charge in [0.15, 0.2) is 0 Å². The maximum absolute atomic E-state index is 13.0. The number of amides is 1. The molecule has 2 aromatic carbocycles. The third-order valence-electron chi connectivity index (χ3n) is 5.35. The fraction of sp³-hybridized carbons (Fsp3) is 0.273. The van der Waals surface area contributed by atoms with Crippen molar-refractivity contribution >= 4 is 21.6 Å². The van der Waals surface area contributed by atoms with Crippen molar-refractivity contribution in [2.24, 2.45) is 0 Å². The second-order valence-corrected chi connectivity index (χ2v) is 9.05. The Morgan fingerprint density at radius 2 is 1.97 bits per heavy atom. The summed E-state index contributed by atoms with van der Waals surface area (Å²) in [6.07, 6.45) is 4.73. The fourth-order valence-corrected chi connectivity index (χ4v) is 4.76. The number of aryl methyl sites for hydroxylation is 1. The minimum atomic E-state index is -3.82. The predicted molar refractivity (Wildman–Crippen MR) is 117 cm³/mol. The molecular formula is C22H24N4O4S. The lowest BCUT2D eigenvalue weighted by molar-refractivity contribution is -0.117. The van der Waals surface area contributed by atoms with Crippen LogP contribution in [0.25, 0.3) is 5.69 Å². The standard InChI is InChI=1S/C22H24N4O4S/c1-16-23-11-13-25(16)19-7-4-3-6-17(19)15-24-31(28,29)18-9-10-21(30-2)20(14-18)26-12-5-8-22(26)27/h3-4,6-7,9-11,13-14,24H,5,8,12,15H2,1-2H3. The molecule has 162 valence electrons. The van der Waals surface area contributed by atoms with Gasteiger partial charge in [0.05, 0.1) is 23.4 Å². The smallest absolute Gasteiger partial charge is 0.240 e. The number of rotatable bonds is 7. The minimum Gasteiger partial charge on any atom is -0.495 e. The SMILES string of the molecule is COc1ccc(S(=O)(=O)NCc2ccccc2-n2ccnc2C)cc1N1CCCC1=O. The number of imidazole rings is 1. The van der Waals surface area contributed by atoms with Crippen molar-refractivity contribution in [2.75, 3.05) is 18.6 Å². The quantitative estimate of drug-likeness (QED) is 0.610. The summed E-state index contributed by atoms with van der Waals surface area (Å²) in [6, 6.07) is 12.1. The number of benzene rings is 2. The van der Waals surface area contributed by atoms with E-state index in [0.717, 1.165) is 23.5 Å². The lowest BCUT2D eigenvalue weighted by Gasteiger charge is -2.20. The third kappa shape index (κ3) is 4.19. The van der Waals surface area contributed by atoms with Gasteiger partial charge in [-0.3, -0.25) is 4.79 Å². The summed E-state index contributed by atoms with van der Waals surface area (Å²) in [4.78, 5) is 18.1. The van der Waals surface area contributed by atoms with Crippen molar-refractivity contribution in [3.8, 4) is 11.4 Å². The molecule has 0 radical (unpaired) electrons. The number of aromatic nitrogens is 2. The molecule has 0 atom stereocenters. The molecule has 1 aliphatic heterocycles. The van der Waals surface area contributed by atoms with Crippen LogP contribution in [-0.4, -0.2) is 37.5 Å². The van der Waals surface area contributed by atoms with Gasteiger partial charge in [-0.05, 0) is 43.2 Å². The summed E-state index contributed by atoms with van der Waals surface area (Å²) < 4.78 is 36.0. The Balaban J connectivity index is 1.61. The Morgan fingerprint density at radius 3 is 2.65 bits per heavy atom. The molecule has 1 saturated heterocycles. The van der Waals surface area contributed by atoms with Crippen LogP contribution in [0, 0.1) is 6.92 Å². The van der Waals surface area contributed by atoms with E-state index in [4.69, 9.17) is 4.74 Å². The molecule has 1 aliphatic rings. The van der Waals surface area contributed by atoms with Gasteiger partial charge in [0, 0.05) is 31.9 Å². The lowest BCUT2D eigenvalue weighted by Crippen LogP contribution is -2.26. The highest BCUT2D eigenvalue weighted by atomic mass is 32.2. The molecule has 1 amide bonds. The maximum Gasteiger partial charge on any atom is 0.240 e. The van der Waals surface area contributed by atoms with Gasteiger partial charge in [0.1, 0.15) is 11.6 Å². The van der Waals surface area contributed by atoms with Crippen molar-refractivity contribution in [3.63, 3.8) is 0 Å². The average Bonchev–Trinajstić information content (AvgIpc) is 3.40. The van der Waals surface area contributed by atoms with E-state index in [9.17, 15) is 13.2 Å². The van der Waals surface area contributed by atoms with Crippen LogP contribution in [-0.2, 0) is 21.4 Å². The predicted octanol–water partition coefficient (Wildman–Crippen LogP) is 2.79. The highest BCUT2D eigenvalue weighted by Gasteiger charge is 2.26. The van der Waals surface area contributed by atoms with Crippen molar-refractivity contribution in [1.29, 1.82) is 0 Å². The monoisotopic (exact) mass is 440 g/mol. The zero-order chi connectivity index (χ0) is 22.0. The summed E-state index contributed by atoms with van der Waals surface area (Å²) in [6.45, 7) is 2.55. The van der Waals surface area contributed by atoms with Crippen molar-refractivity contribution in [3.05, 3.63) is 66.2 Å². The van der Waals surface area contributed by atoms with Gasteiger partial charge in [0.25, 0.3) is 0 Å². The second kappa shape index (κ2) is 8.52. The first-order valence-corrected chi connectivity index (χ1v) is 11.5. The normalized spacial score (nSPS) is 14.3. The number of methoxy groups -OCH3 is 1. The number of anilines is 1. The number of hydrogen-bond donors (Lipinski definition) is 1. The Morgan fingerprint density at radius 1 is 1.16 bits per heavy atom. The van der Waals surface area contributed by atoms with Gasteiger partial charge in [-0.1, -0.05) is 18.2 Å². The van der Waals surface area contributed by atoms with Crippen molar-refractivity contribution < 1.29 is 17.9 Å². The first-order chi connectivity index (χ1) is 14.9. The average molecular weight is 441 g/mol. The summed E-state index contributed by atoms with van der Waals surface area (Å²) in [5.74, 6) is 1.24. The van der Waals surface area contributed by atoms with Gasteiger partial charge in [-0.25, -0.2) is 18.1 Å². The number of para-hydroxylation sites is 1. The summed E-state index contributed by atoms with van der Waals surface area (Å²) in [5.41, 5.74) is 2.15. The maximum atomic E-state index is 13.0. The van der Waals surface area contributed by atoms with Crippen LogP contribution in [0.1, 0.15) is 24.2 Å². The molecular weight excluding hydrogens is 416 g/mol. The molecule has 0 unspecified atom stereocenters. The third-order valence-corrected chi connectivity index (χ3v) is 6.75. The van der Waals surface area contributed by atoms with E-state index in [2.05, 4.69) is 9.71 Å². The number of sulfonamides is 1. The highest BCUT2D eigenvalue weighted by molar-refractivity contribution is 7.89. The van der Waals surface area contributed by atoms with Crippen LogP contribution in [0.5, 0.6) is 5.75 Å². The molecule has 8 nitrogen and oxygen atoms in total. The Bertz CT molecular complexity index is 1220. The number of carbonyl (C=O) groups excluding carboxylic acids is 1. The van der Waals surface area contributed by atoms with Crippen LogP contribution >= 0.6 is 0 Å². The van der Waals surface area contributed by atoms with E-state index in [1.165, 1.54) is 19.2 Å². The van der Waals surface area contributed by atoms with Crippen molar-refractivity contribution in [2.45, 2.75) is 31.2 Å². The summed E-state index contributed by atoms with van der Waals surface area (Å²) >= 11 is 0. The van der Waals surface area contributed by atoms with Crippen molar-refractivity contribution in [1.82, 2.24) is 14.3 Å². The van der Waals surface area contributed by atoms with Gasteiger partial charge < -0.3 is 14.2 Å². The first-order valence-electron chi connectivity index (χ1n) is 9.97. The van der Waals surface area contributed by atoms with Crippen LogP contribution in [0.4, 0.5) is 5.69 Å².